The largest absolute Gasteiger partial charge is 0.385 e. The van der Waals surface area contributed by atoms with Crippen LogP contribution in [0.25, 0.3) is 0 Å². The van der Waals surface area contributed by atoms with E-state index < -0.39 is 11.2 Å². The van der Waals surface area contributed by atoms with Gasteiger partial charge < -0.3 is 10.2 Å². The first kappa shape index (κ1) is 30.4. The first-order valence-corrected chi connectivity index (χ1v) is 14.7. The van der Waals surface area contributed by atoms with Crippen molar-refractivity contribution in [2.45, 2.75) is 142 Å². The molecule has 202 valence electrons. The molecule has 0 saturated heterocycles. The topological polar surface area (TPSA) is 48.2 Å². The summed E-state index contributed by atoms with van der Waals surface area (Å²) < 4.78 is 4.49. The summed E-state index contributed by atoms with van der Waals surface area (Å²) in [6.07, 6.45) is 25.2. The molecule has 0 aliphatic carbocycles. The van der Waals surface area contributed by atoms with E-state index in [0.29, 0.717) is 0 Å². The zero-order valence-corrected chi connectivity index (χ0v) is 23.7. The van der Waals surface area contributed by atoms with E-state index in [1.807, 2.05) is 13.8 Å². The van der Waals surface area contributed by atoms with Gasteiger partial charge in [-0.05, 0) is 50.7 Å². The Balaban J connectivity index is 1.45. The molecule has 2 unspecified atom stereocenters. The summed E-state index contributed by atoms with van der Waals surface area (Å²) in [6.45, 7) is 10.2. The molecule has 36 heavy (non-hydrogen) atoms. The van der Waals surface area contributed by atoms with Crippen molar-refractivity contribution in [1.29, 1.82) is 0 Å². The minimum Gasteiger partial charge on any atom is -0.385 e. The summed E-state index contributed by atoms with van der Waals surface area (Å²) in [7, 11) is 0. The molecular weight excluding hydrogens is 444 g/mol. The van der Waals surface area contributed by atoms with Gasteiger partial charge in [-0.15, -0.1) is 0 Å². The van der Waals surface area contributed by atoms with E-state index in [-0.39, 0.29) is 0 Å². The molecule has 2 N–H and O–H groups in total. The number of unbranched alkanes of at least 4 members (excludes halogenated alkanes) is 9. The molecule has 0 amide bonds. The summed E-state index contributed by atoms with van der Waals surface area (Å²) in [6, 6.07) is 8.29. The summed E-state index contributed by atoms with van der Waals surface area (Å²) in [5.74, 6) is 0. The lowest BCUT2D eigenvalue weighted by Crippen LogP contribution is -2.33. The molecule has 0 spiro atoms. The fourth-order valence-electron chi connectivity index (χ4n) is 5.20. The second kappa shape index (κ2) is 16.1. The van der Waals surface area contributed by atoms with Crippen LogP contribution in [0.15, 0.2) is 49.1 Å². The molecule has 2 aromatic heterocycles. The number of rotatable bonds is 19. The number of aromatic nitrogens is 2. The molecule has 2 heterocycles. The second-order valence-corrected chi connectivity index (χ2v) is 11.2. The van der Waals surface area contributed by atoms with Crippen molar-refractivity contribution in [2.24, 2.45) is 0 Å². The lowest BCUT2D eigenvalue weighted by Gasteiger charge is -2.22. The Kier molecular flexibility index (Phi) is 13.7. The highest BCUT2D eigenvalue weighted by atomic mass is 16.3. The van der Waals surface area contributed by atoms with E-state index in [9.17, 15) is 10.2 Å². The highest BCUT2D eigenvalue weighted by Gasteiger charge is 2.23. The van der Waals surface area contributed by atoms with Gasteiger partial charge in [-0.3, -0.25) is 0 Å². The quantitative estimate of drug-likeness (QED) is 0.164. The van der Waals surface area contributed by atoms with Crippen molar-refractivity contribution < 1.29 is 19.3 Å². The predicted octanol–water partition coefficient (Wildman–Crippen LogP) is 6.88. The zero-order chi connectivity index (χ0) is 26.3. The third-order valence-corrected chi connectivity index (χ3v) is 7.58. The van der Waals surface area contributed by atoms with Crippen LogP contribution in [0.3, 0.4) is 0 Å². The predicted molar refractivity (Wildman–Crippen MR) is 148 cm³/mol. The summed E-state index contributed by atoms with van der Waals surface area (Å²) >= 11 is 0. The molecule has 0 aliphatic heterocycles. The Morgan fingerprint density at radius 1 is 0.528 bits per heavy atom. The Bertz CT molecular complexity index is 757. The standard InChI is InChI=1S/C32H54N2O2/c1-5-21-31(3,35)29-17-25-33(26-18-29)23-15-13-11-9-7-8-10-12-14-16-24-34-27-19-30(20-28-34)32(4,36)22-6-2/h17-20,25-28,35-36H,5-16,21-24H2,1-4H3/q+2. The first-order chi connectivity index (χ1) is 17.3. The van der Waals surface area contributed by atoms with E-state index >= 15 is 0 Å². The van der Waals surface area contributed by atoms with Crippen LogP contribution in [0.2, 0.25) is 0 Å². The van der Waals surface area contributed by atoms with Crippen molar-refractivity contribution in [3.63, 3.8) is 0 Å². The van der Waals surface area contributed by atoms with E-state index in [1.165, 1.54) is 64.2 Å². The lowest BCUT2D eigenvalue weighted by atomic mass is 9.92. The first-order valence-electron chi connectivity index (χ1n) is 14.7. The molecule has 4 heteroatoms. The van der Waals surface area contributed by atoms with Crippen LogP contribution in [0, 0.1) is 0 Å². The van der Waals surface area contributed by atoms with Crippen molar-refractivity contribution in [2.75, 3.05) is 0 Å². The van der Waals surface area contributed by atoms with Crippen molar-refractivity contribution >= 4 is 0 Å². The molecule has 0 aromatic carbocycles. The smallest absolute Gasteiger partial charge is 0.169 e. The van der Waals surface area contributed by atoms with Crippen LogP contribution >= 0.6 is 0 Å². The molecule has 2 atom stereocenters. The van der Waals surface area contributed by atoms with Crippen molar-refractivity contribution in [3.8, 4) is 0 Å². The van der Waals surface area contributed by atoms with Crippen LogP contribution in [-0.4, -0.2) is 10.2 Å². The summed E-state index contributed by atoms with van der Waals surface area (Å²) in [5.41, 5.74) is 0.616. The number of hydrogen-bond donors (Lipinski definition) is 2. The maximum absolute atomic E-state index is 10.5. The Morgan fingerprint density at radius 2 is 0.806 bits per heavy atom. The Morgan fingerprint density at radius 3 is 1.08 bits per heavy atom. The summed E-state index contributed by atoms with van der Waals surface area (Å²) in [4.78, 5) is 0. The van der Waals surface area contributed by atoms with Crippen LogP contribution < -0.4 is 9.13 Å². The third-order valence-electron chi connectivity index (χ3n) is 7.58. The SMILES string of the molecule is CCCC(C)(O)c1cc[n+](CCCCCCCCCCCC[n+]2ccc(C(C)(O)CCC)cc2)cc1. The molecule has 0 saturated carbocycles. The molecule has 0 bridgehead atoms. The average molecular weight is 499 g/mol. The molecular formula is C32H54N2O2+2. The fourth-order valence-corrected chi connectivity index (χ4v) is 5.20. The van der Waals surface area contributed by atoms with Gasteiger partial charge in [-0.1, -0.05) is 65.2 Å². The Labute approximate surface area is 221 Å². The monoisotopic (exact) mass is 498 g/mol. The van der Waals surface area contributed by atoms with Gasteiger partial charge >= 0.3 is 0 Å². The minimum absolute atomic E-state index is 0.711. The van der Waals surface area contributed by atoms with Crippen molar-refractivity contribution in [1.82, 2.24) is 0 Å². The molecule has 0 aliphatic rings. The Hall–Kier alpha value is -1.78. The van der Waals surface area contributed by atoms with Gasteiger partial charge in [0.05, 0.1) is 11.2 Å². The van der Waals surface area contributed by atoms with Crippen LogP contribution in [-0.2, 0) is 24.3 Å². The summed E-state index contributed by atoms with van der Waals surface area (Å²) in [5, 5.41) is 21.1. The minimum atomic E-state index is -0.711. The van der Waals surface area contributed by atoms with E-state index in [1.54, 1.807) is 0 Å². The van der Waals surface area contributed by atoms with Gasteiger partial charge in [-0.25, -0.2) is 9.13 Å². The van der Waals surface area contributed by atoms with E-state index in [0.717, 1.165) is 49.9 Å². The van der Waals surface area contributed by atoms with Crippen LogP contribution in [0.1, 0.15) is 129 Å². The number of aliphatic hydroxyl groups is 2. The van der Waals surface area contributed by atoms with Gasteiger partial charge in [0.2, 0.25) is 0 Å². The third kappa shape index (κ3) is 11.1. The van der Waals surface area contributed by atoms with Gasteiger partial charge in [0.25, 0.3) is 0 Å². The number of pyridine rings is 2. The number of hydrogen-bond acceptors (Lipinski definition) is 2. The van der Waals surface area contributed by atoms with Crippen LogP contribution in [0.5, 0.6) is 0 Å². The molecule has 2 aromatic rings. The van der Waals surface area contributed by atoms with Crippen LogP contribution in [0.4, 0.5) is 0 Å². The molecule has 0 radical (unpaired) electrons. The lowest BCUT2D eigenvalue weighted by molar-refractivity contribution is -0.697. The molecule has 0 fully saturated rings. The molecule has 4 nitrogen and oxygen atoms in total. The number of nitrogens with zero attached hydrogens (tertiary/aromatic N) is 2. The number of aryl methyl sites for hydroxylation is 2. The van der Waals surface area contributed by atoms with Gasteiger partial charge in [0.1, 0.15) is 13.1 Å². The highest BCUT2D eigenvalue weighted by Crippen LogP contribution is 2.25. The zero-order valence-electron chi connectivity index (χ0n) is 23.7. The van der Waals surface area contributed by atoms with E-state index in [4.69, 9.17) is 0 Å². The van der Waals surface area contributed by atoms with E-state index in [2.05, 4.69) is 72.0 Å². The maximum Gasteiger partial charge on any atom is 0.169 e. The van der Waals surface area contributed by atoms with Gasteiger partial charge in [-0.2, -0.15) is 0 Å². The average Bonchev–Trinajstić information content (AvgIpc) is 2.85. The maximum atomic E-state index is 10.5. The highest BCUT2D eigenvalue weighted by molar-refractivity contribution is 5.16. The normalized spacial score (nSPS) is 14.9. The molecule has 2 rings (SSSR count). The fraction of sp³-hybridized carbons (Fsp3) is 0.688. The van der Waals surface area contributed by atoms with Gasteiger partial charge in [0.15, 0.2) is 24.8 Å². The van der Waals surface area contributed by atoms with Crippen molar-refractivity contribution in [3.05, 3.63) is 60.2 Å². The van der Waals surface area contributed by atoms with Gasteiger partial charge in [0, 0.05) is 37.1 Å². The second-order valence-electron chi connectivity index (χ2n) is 11.2.